The van der Waals surface area contributed by atoms with Crippen molar-refractivity contribution in [3.63, 3.8) is 0 Å². The van der Waals surface area contributed by atoms with Crippen LogP contribution in [0.15, 0.2) is 24.3 Å². The summed E-state index contributed by atoms with van der Waals surface area (Å²) in [5.74, 6) is -1.53. The maximum atomic E-state index is 12.7. The summed E-state index contributed by atoms with van der Waals surface area (Å²) < 4.78 is 0. The number of aliphatic carboxylic acids is 1. The zero-order valence-corrected chi connectivity index (χ0v) is 15.8. The predicted octanol–water partition coefficient (Wildman–Crippen LogP) is -0.861. The van der Waals surface area contributed by atoms with Gasteiger partial charge in [-0.1, -0.05) is 30.7 Å². The lowest BCUT2D eigenvalue weighted by Crippen LogP contribution is -2.51. The van der Waals surface area contributed by atoms with Crippen LogP contribution in [0.1, 0.15) is 24.0 Å². The van der Waals surface area contributed by atoms with E-state index in [1.54, 1.807) is 0 Å². The number of nitrogens with two attached hydrogens (primary N) is 1. The first-order valence-corrected chi connectivity index (χ1v) is 9.82. The van der Waals surface area contributed by atoms with Crippen molar-refractivity contribution in [2.24, 2.45) is 17.6 Å². The van der Waals surface area contributed by atoms with E-state index in [0.29, 0.717) is 19.4 Å². The van der Waals surface area contributed by atoms with Crippen molar-refractivity contribution in [1.82, 2.24) is 10.6 Å². The molecule has 0 bridgehead atoms. The van der Waals surface area contributed by atoms with Gasteiger partial charge in [0.2, 0.25) is 5.91 Å². The number of nitrogens with one attached hydrogen (secondary N) is 2. The summed E-state index contributed by atoms with van der Waals surface area (Å²) in [4.78, 5) is 24.3. The van der Waals surface area contributed by atoms with Crippen molar-refractivity contribution in [2.75, 3.05) is 6.54 Å². The van der Waals surface area contributed by atoms with Crippen LogP contribution < -0.4 is 16.4 Å². The van der Waals surface area contributed by atoms with Crippen LogP contribution >= 0.6 is 0 Å². The van der Waals surface area contributed by atoms with Gasteiger partial charge in [-0.15, -0.1) is 0 Å². The summed E-state index contributed by atoms with van der Waals surface area (Å²) in [6.45, 7) is 0.354. The van der Waals surface area contributed by atoms with Crippen molar-refractivity contribution in [3.05, 3.63) is 35.4 Å². The molecule has 4 unspecified atom stereocenters. The Morgan fingerprint density at radius 1 is 1.25 bits per heavy atom. The summed E-state index contributed by atoms with van der Waals surface area (Å²) >= 11 is 0. The van der Waals surface area contributed by atoms with E-state index in [1.165, 1.54) is 11.1 Å². The van der Waals surface area contributed by atoms with Gasteiger partial charge in [0, 0.05) is 18.5 Å². The van der Waals surface area contributed by atoms with Crippen LogP contribution in [0, 0.1) is 11.8 Å². The van der Waals surface area contributed by atoms with Gasteiger partial charge in [0.1, 0.15) is 6.04 Å². The summed E-state index contributed by atoms with van der Waals surface area (Å²) in [7, 11) is -1.41. The van der Waals surface area contributed by atoms with Gasteiger partial charge in [-0.05, 0) is 42.6 Å². The minimum atomic E-state index is -1.41. The molecule has 4 atom stereocenters. The molecule has 0 saturated carbocycles. The maximum absolute atomic E-state index is 12.7. The molecule has 2 aliphatic rings. The van der Waals surface area contributed by atoms with Gasteiger partial charge in [-0.2, -0.15) is 0 Å². The van der Waals surface area contributed by atoms with Crippen LogP contribution in [-0.4, -0.2) is 58.8 Å². The molecular formula is C19H28BN3O5. The quantitative estimate of drug-likeness (QED) is 0.317. The molecule has 1 saturated heterocycles. The first-order valence-electron chi connectivity index (χ1n) is 9.82. The van der Waals surface area contributed by atoms with E-state index >= 15 is 0 Å². The van der Waals surface area contributed by atoms with E-state index < -0.39 is 25.2 Å². The molecule has 0 aromatic heterocycles. The monoisotopic (exact) mass is 389 g/mol. The van der Waals surface area contributed by atoms with Gasteiger partial charge >= 0.3 is 13.1 Å². The Morgan fingerprint density at radius 3 is 2.46 bits per heavy atom. The average molecular weight is 389 g/mol. The molecule has 9 heteroatoms. The molecule has 1 heterocycles. The predicted molar refractivity (Wildman–Crippen MR) is 104 cm³/mol. The van der Waals surface area contributed by atoms with Crippen LogP contribution in [-0.2, 0) is 22.4 Å². The second-order valence-electron chi connectivity index (χ2n) is 7.88. The normalized spacial score (nSPS) is 25.3. The summed E-state index contributed by atoms with van der Waals surface area (Å²) in [6, 6.07) is 6.31. The second-order valence-corrected chi connectivity index (χ2v) is 7.88. The van der Waals surface area contributed by atoms with Gasteiger partial charge in [0.15, 0.2) is 0 Å². The number of carbonyl (C=O) groups is 2. The second kappa shape index (κ2) is 9.04. The molecule has 3 rings (SSSR count). The Bertz CT molecular complexity index is 692. The van der Waals surface area contributed by atoms with Crippen LogP contribution in [0.5, 0.6) is 0 Å². The topological polar surface area (TPSA) is 145 Å². The third-order valence-corrected chi connectivity index (χ3v) is 5.99. The van der Waals surface area contributed by atoms with E-state index in [0.717, 1.165) is 12.8 Å². The van der Waals surface area contributed by atoms with Crippen LogP contribution in [0.3, 0.4) is 0 Å². The summed E-state index contributed by atoms with van der Waals surface area (Å²) in [5, 5.41) is 33.3. The third kappa shape index (κ3) is 4.72. The van der Waals surface area contributed by atoms with E-state index in [2.05, 4.69) is 22.8 Å². The van der Waals surface area contributed by atoms with Crippen molar-refractivity contribution in [2.45, 2.75) is 50.1 Å². The molecule has 8 nitrogen and oxygen atoms in total. The molecule has 1 aromatic carbocycles. The minimum Gasteiger partial charge on any atom is -0.480 e. The number of carboxylic acid groups (broad SMARTS) is 1. The number of rotatable bonds is 8. The third-order valence-electron chi connectivity index (χ3n) is 5.99. The van der Waals surface area contributed by atoms with Crippen molar-refractivity contribution in [1.29, 1.82) is 0 Å². The van der Waals surface area contributed by atoms with Crippen LogP contribution in [0.2, 0.25) is 6.32 Å². The number of hydrogen-bond acceptors (Lipinski definition) is 6. The standard InChI is InChI=1S/C19H28BN3O5/c21-16(13-8-11-4-1-2-5-12(11)9-13)18(24)23-15-10-22-17(19(25)26)14(15)6-3-7-20(27)28/h1-2,4-5,13-17,22,27-28H,3,6-10,21H2,(H,23,24)(H,25,26). The smallest absolute Gasteiger partial charge is 0.451 e. The number of fused-ring (bicyclic) bond motifs is 1. The number of benzene rings is 1. The highest BCUT2D eigenvalue weighted by Crippen LogP contribution is 2.29. The Balaban J connectivity index is 1.59. The van der Waals surface area contributed by atoms with E-state index in [4.69, 9.17) is 15.8 Å². The van der Waals surface area contributed by atoms with Gasteiger partial charge in [0.05, 0.1) is 6.04 Å². The van der Waals surface area contributed by atoms with Crippen molar-refractivity contribution < 1.29 is 24.7 Å². The number of hydrogen-bond donors (Lipinski definition) is 6. The van der Waals surface area contributed by atoms with Crippen molar-refractivity contribution >= 4 is 19.0 Å². The molecule has 28 heavy (non-hydrogen) atoms. The van der Waals surface area contributed by atoms with Gasteiger partial charge in [0.25, 0.3) is 0 Å². The van der Waals surface area contributed by atoms with E-state index in [-0.39, 0.29) is 30.1 Å². The SMILES string of the molecule is NC(C(=O)NC1CNC(C(=O)O)C1CCCB(O)O)C1Cc2ccccc2C1. The Morgan fingerprint density at radius 2 is 1.89 bits per heavy atom. The summed E-state index contributed by atoms with van der Waals surface area (Å²) in [6.07, 6.45) is 2.64. The highest BCUT2D eigenvalue weighted by atomic mass is 16.4. The number of carbonyl (C=O) groups excluding carboxylic acids is 1. The molecular weight excluding hydrogens is 361 g/mol. The Kier molecular flexibility index (Phi) is 6.71. The first kappa shape index (κ1) is 20.8. The molecule has 0 spiro atoms. The van der Waals surface area contributed by atoms with Crippen LogP contribution in [0.25, 0.3) is 0 Å². The maximum Gasteiger partial charge on any atom is 0.451 e. The zero-order valence-electron chi connectivity index (χ0n) is 15.8. The highest BCUT2D eigenvalue weighted by molar-refractivity contribution is 6.40. The molecule has 1 aliphatic heterocycles. The fourth-order valence-electron chi connectivity index (χ4n) is 4.46. The molecule has 0 radical (unpaired) electrons. The van der Waals surface area contributed by atoms with Gasteiger partial charge in [-0.25, -0.2) is 0 Å². The lowest BCUT2D eigenvalue weighted by Gasteiger charge is -2.26. The van der Waals surface area contributed by atoms with Gasteiger partial charge < -0.3 is 31.5 Å². The highest BCUT2D eigenvalue weighted by Gasteiger charge is 2.41. The minimum absolute atomic E-state index is 0.0324. The average Bonchev–Trinajstić information content (AvgIpc) is 3.25. The molecule has 1 aliphatic carbocycles. The zero-order chi connectivity index (χ0) is 20.3. The lowest BCUT2D eigenvalue weighted by molar-refractivity contribution is -0.140. The molecule has 7 N–H and O–H groups in total. The van der Waals surface area contributed by atoms with E-state index in [9.17, 15) is 14.7 Å². The van der Waals surface area contributed by atoms with E-state index in [1.807, 2.05) is 12.1 Å². The molecule has 1 aromatic rings. The molecule has 152 valence electrons. The Hall–Kier alpha value is -1.94. The molecule has 1 fully saturated rings. The Labute approximate surface area is 164 Å². The lowest BCUT2D eigenvalue weighted by atomic mass is 9.80. The number of amides is 1. The number of carboxylic acids is 1. The largest absolute Gasteiger partial charge is 0.480 e. The van der Waals surface area contributed by atoms with Crippen LogP contribution in [0.4, 0.5) is 0 Å². The molecule has 1 amide bonds. The summed E-state index contributed by atoms with van der Waals surface area (Å²) in [5.41, 5.74) is 8.70. The fourth-order valence-corrected chi connectivity index (χ4v) is 4.46. The fraction of sp³-hybridized carbons (Fsp3) is 0.579. The van der Waals surface area contributed by atoms with Gasteiger partial charge in [-0.3, -0.25) is 9.59 Å². The first-order chi connectivity index (χ1) is 13.4. The van der Waals surface area contributed by atoms with Crippen molar-refractivity contribution in [3.8, 4) is 0 Å².